The van der Waals surface area contributed by atoms with Crippen molar-refractivity contribution in [1.82, 2.24) is 9.78 Å². The maximum Gasteiger partial charge on any atom is 0.225 e. The number of rotatable bonds is 9. The van der Waals surface area contributed by atoms with Gasteiger partial charge in [-0.15, -0.1) is 0 Å². The number of nitrogens with zero attached hydrogens (tertiary/aromatic N) is 2. The van der Waals surface area contributed by atoms with Crippen LogP contribution in [0.25, 0.3) is 0 Å². The lowest BCUT2D eigenvalue weighted by atomic mass is 10.1. The van der Waals surface area contributed by atoms with Crippen LogP contribution in [0.5, 0.6) is 0 Å². The van der Waals surface area contributed by atoms with E-state index in [9.17, 15) is 4.79 Å². The quantitative estimate of drug-likeness (QED) is 0.704. The first kappa shape index (κ1) is 16.3. The minimum absolute atomic E-state index is 0.0753. The van der Waals surface area contributed by atoms with Gasteiger partial charge in [0.15, 0.2) is 0 Å². The van der Waals surface area contributed by atoms with Crippen LogP contribution in [-0.2, 0) is 11.3 Å². The molecule has 0 bridgehead atoms. The molecule has 1 N–H and O–H groups in total. The summed E-state index contributed by atoms with van der Waals surface area (Å²) in [7, 11) is 0. The van der Waals surface area contributed by atoms with Crippen molar-refractivity contribution < 1.29 is 4.79 Å². The van der Waals surface area contributed by atoms with Crippen molar-refractivity contribution in [3.8, 4) is 0 Å². The van der Waals surface area contributed by atoms with Crippen molar-refractivity contribution in [2.75, 3.05) is 5.32 Å². The number of anilines is 1. The van der Waals surface area contributed by atoms with Crippen molar-refractivity contribution in [3.63, 3.8) is 0 Å². The van der Waals surface area contributed by atoms with Crippen molar-refractivity contribution in [2.45, 2.75) is 52.0 Å². The fourth-order valence-corrected chi connectivity index (χ4v) is 2.42. The molecule has 22 heavy (non-hydrogen) atoms. The zero-order chi connectivity index (χ0) is 15.6. The van der Waals surface area contributed by atoms with Gasteiger partial charge in [0, 0.05) is 12.5 Å². The summed E-state index contributed by atoms with van der Waals surface area (Å²) in [6.07, 6.45) is 8.09. The number of aromatic nitrogens is 2. The van der Waals surface area contributed by atoms with E-state index in [1.807, 2.05) is 28.9 Å². The zero-order valence-corrected chi connectivity index (χ0v) is 13.3. The molecule has 0 fully saturated rings. The molecule has 0 radical (unpaired) electrons. The van der Waals surface area contributed by atoms with E-state index in [2.05, 4.69) is 29.5 Å². The lowest BCUT2D eigenvalue weighted by Gasteiger charge is -2.09. The summed E-state index contributed by atoms with van der Waals surface area (Å²) in [4.78, 5) is 12.0. The Labute approximate surface area is 132 Å². The van der Waals surface area contributed by atoms with Gasteiger partial charge in [-0.2, -0.15) is 5.10 Å². The number of hydrogen-bond donors (Lipinski definition) is 1. The maximum absolute atomic E-state index is 12.0. The predicted octanol–water partition coefficient (Wildman–Crippen LogP) is 4.23. The summed E-state index contributed by atoms with van der Waals surface area (Å²) in [5.74, 6) is 0.841. The van der Waals surface area contributed by atoms with Gasteiger partial charge in [0.1, 0.15) is 5.82 Å². The number of carbonyl (C=O) groups is 1. The fraction of sp³-hybridized carbons (Fsp3) is 0.444. The van der Waals surface area contributed by atoms with E-state index >= 15 is 0 Å². The first-order chi connectivity index (χ1) is 10.8. The molecule has 1 heterocycles. The Morgan fingerprint density at radius 3 is 2.64 bits per heavy atom. The molecule has 118 valence electrons. The van der Waals surface area contributed by atoms with Crippen LogP contribution in [0.15, 0.2) is 42.6 Å². The zero-order valence-electron chi connectivity index (χ0n) is 13.3. The van der Waals surface area contributed by atoms with Gasteiger partial charge < -0.3 is 5.32 Å². The minimum Gasteiger partial charge on any atom is -0.311 e. The average Bonchev–Trinajstić information content (AvgIpc) is 2.95. The molecule has 1 amide bonds. The summed E-state index contributed by atoms with van der Waals surface area (Å²) >= 11 is 0. The third-order valence-electron chi connectivity index (χ3n) is 3.67. The van der Waals surface area contributed by atoms with E-state index in [0.717, 1.165) is 18.7 Å². The number of nitrogens with one attached hydrogen (secondary N) is 1. The molecule has 0 atom stereocenters. The summed E-state index contributed by atoms with van der Waals surface area (Å²) < 4.78 is 1.82. The Hall–Kier alpha value is -2.10. The molecule has 0 spiro atoms. The van der Waals surface area contributed by atoms with Crippen LogP contribution in [0.2, 0.25) is 0 Å². The highest BCUT2D eigenvalue weighted by molar-refractivity contribution is 5.89. The molecule has 0 saturated carbocycles. The van der Waals surface area contributed by atoms with Crippen molar-refractivity contribution in [2.24, 2.45) is 0 Å². The van der Waals surface area contributed by atoms with Gasteiger partial charge in [-0.05, 0) is 12.0 Å². The first-order valence-corrected chi connectivity index (χ1v) is 8.15. The number of amides is 1. The molecule has 0 saturated heterocycles. The SMILES string of the molecule is CCCCCCCC(=O)Nc1ccnn1Cc1ccccc1. The van der Waals surface area contributed by atoms with Crippen molar-refractivity contribution >= 4 is 11.7 Å². The lowest BCUT2D eigenvalue weighted by molar-refractivity contribution is -0.116. The van der Waals surface area contributed by atoms with Crippen LogP contribution in [0.1, 0.15) is 51.0 Å². The Morgan fingerprint density at radius 1 is 1.09 bits per heavy atom. The monoisotopic (exact) mass is 299 g/mol. The van der Waals surface area contributed by atoms with E-state index in [-0.39, 0.29) is 5.91 Å². The van der Waals surface area contributed by atoms with Crippen LogP contribution in [0.4, 0.5) is 5.82 Å². The molecule has 2 rings (SSSR count). The second-order valence-electron chi connectivity index (χ2n) is 5.57. The highest BCUT2D eigenvalue weighted by atomic mass is 16.1. The van der Waals surface area contributed by atoms with Gasteiger partial charge in [0.05, 0.1) is 12.7 Å². The van der Waals surface area contributed by atoms with Crippen molar-refractivity contribution in [1.29, 1.82) is 0 Å². The van der Waals surface area contributed by atoms with E-state index in [4.69, 9.17) is 0 Å². The molecule has 0 aliphatic rings. The lowest BCUT2D eigenvalue weighted by Crippen LogP contribution is -2.15. The Kier molecular flexibility index (Phi) is 6.68. The van der Waals surface area contributed by atoms with Gasteiger partial charge in [-0.1, -0.05) is 62.9 Å². The largest absolute Gasteiger partial charge is 0.311 e. The molecule has 0 unspecified atom stereocenters. The van der Waals surface area contributed by atoms with Gasteiger partial charge in [0.2, 0.25) is 5.91 Å². The fourth-order valence-electron chi connectivity index (χ4n) is 2.42. The van der Waals surface area contributed by atoms with Crippen LogP contribution in [-0.4, -0.2) is 15.7 Å². The second kappa shape index (κ2) is 9.03. The first-order valence-electron chi connectivity index (χ1n) is 8.15. The summed E-state index contributed by atoms with van der Waals surface area (Å²) in [6.45, 7) is 2.86. The van der Waals surface area contributed by atoms with Gasteiger partial charge >= 0.3 is 0 Å². The molecule has 1 aromatic carbocycles. The highest BCUT2D eigenvalue weighted by Gasteiger charge is 2.07. The molecular formula is C18H25N3O. The number of carbonyl (C=O) groups excluding carboxylic acids is 1. The molecule has 0 aliphatic heterocycles. The van der Waals surface area contributed by atoms with Crippen molar-refractivity contribution in [3.05, 3.63) is 48.2 Å². The molecule has 0 aliphatic carbocycles. The third-order valence-corrected chi connectivity index (χ3v) is 3.67. The summed E-state index contributed by atoms with van der Waals surface area (Å²) in [6, 6.07) is 12.0. The van der Waals surface area contributed by atoms with E-state index in [1.54, 1.807) is 6.20 Å². The predicted molar refractivity (Wildman–Crippen MR) is 89.8 cm³/mol. The minimum atomic E-state index is 0.0753. The summed E-state index contributed by atoms with van der Waals surface area (Å²) in [5, 5.41) is 7.25. The van der Waals surface area contributed by atoms with Crippen LogP contribution in [0, 0.1) is 0 Å². The highest BCUT2D eigenvalue weighted by Crippen LogP contribution is 2.12. The Balaban J connectivity index is 1.81. The summed E-state index contributed by atoms with van der Waals surface area (Å²) in [5.41, 5.74) is 1.17. The van der Waals surface area contributed by atoms with E-state index in [1.165, 1.54) is 24.8 Å². The number of hydrogen-bond acceptors (Lipinski definition) is 2. The van der Waals surface area contributed by atoms with Crippen LogP contribution >= 0.6 is 0 Å². The van der Waals surface area contributed by atoms with E-state index < -0.39 is 0 Å². The Bertz CT molecular complexity index is 563. The standard InChI is InChI=1S/C18H25N3O/c1-2-3-4-5-9-12-18(22)20-17-13-14-19-21(17)15-16-10-7-6-8-11-16/h6-8,10-11,13-14H,2-5,9,12,15H2,1H3,(H,20,22). The van der Waals surface area contributed by atoms with Crippen LogP contribution < -0.4 is 5.32 Å². The van der Waals surface area contributed by atoms with Gasteiger partial charge in [-0.25, -0.2) is 4.68 Å². The maximum atomic E-state index is 12.0. The topological polar surface area (TPSA) is 46.9 Å². The molecule has 4 heteroatoms. The molecule has 1 aromatic heterocycles. The van der Waals surface area contributed by atoms with Crippen LogP contribution in [0.3, 0.4) is 0 Å². The second-order valence-corrected chi connectivity index (χ2v) is 5.57. The number of unbranched alkanes of at least 4 members (excludes halogenated alkanes) is 4. The average molecular weight is 299 g/mol. The third kappa shape index (κ3) is 5.35. The molecular weight excluding hydrogens is 274 g/mol. The smallest absolute Gasteiger partial charge is 0.225 e. The Morgan fingerprint density at radius 2 is 1.86 bits per heavy atom. The van der Waals surface area contributed by atoms with Gasteiger partial charge in [-0.3, -0.25) is 4.79 Å². The normalized spacial score (nSPS) is 10.6. The molecule has 4 nitrogen and oxygen atoms in total. The van der Waals surface area contributed by atoms with Gasteiger partial charge in [0.25, 0.3) is 0 Å². The molecule has 2 aromatic rings. The number of benzene rings is 1. The van der Waals surface area contributed by atoms with E-state index in [0.29, 0.717) is 13.0 Å².